The van der Waals surface area contributed by atoms with Crippen molar-refractivity contribution in [3.05, 3.63) is 76.5 Å². The highest BCUT2D eigenvalue weighted by atomic mass is 79.9. The number of carbonyl (C=O) groups excluding carboxylic acids is 1. The molecule has 4 nitrogen and oxygen atoms in total. The Morgan fingerprint density at radius 2 is 1.96 bits per heavy atom. The van der Waals surface area contributed by atoms with Crippen LogP contribution in [0.25, 0.3) is 11.3 Å². The minimum atomic E-state index is -0.315. The summed E-state index contributed by atoms with van der Waals surface area (Å²) in [6.45, 7) is 0.289. The van der Waals surface area contributed by atoms with Gasteiger partial charge >= 0.3 is 0 Å². The van der Waals surface area contributed by atoms with Gasteiger partial charge in [-0.25, -0.2) is 4.39 Å². The van der Waals surface area contributed by atoms with Crippen LogP contribution in [0.4, 0.5) is 4.39 Å². The number of amides is 1. The van der Waals surface area contributed by atoms with Gasteiger partial charge in [-0.05, 0) is 64.0 Å². The molecule has 23 heavy (non-hydrogen) atoms. The number of halogens is 2. The van der Waals surface area contributed by atoms with Gasteiger partial charge in [0.1, 0.15) is 5.82 Å². The Kier molecular flexibility index (Phi) is 4.52. The predicted molar refractivity (Wildman–Crippen MR) is 87.2 cm³/mol. The van der Waals surface area contributed by atoms with E-state index in [1.54, 1.807) is 36.5 Å². The topological polar surface area (TPSA) is 55.1 Å². The third-order valence-electron chi connectivity index (χ3n) is 3.25. The molecule has 1 N–H and O–H groups in total. The average Bonchev–Trinajstić information content (AvgIpc) is 3.00. The predicted octanol–water partition coefficient (Wildman–Crippen LogP) is 4.17. The van der Waals surface area contributed by atoms with Crippen molar-refractivity contribution in [1.82, 2.24) is 10.3 Å². The van der Waals surface area contributed by atoms with Gasteiger partial charge in [0, 0.05) is 18.3 Å². The number of nitrogens with one attached hydrogen (secondary N) is 1. The monoisotopic (exact) mass is 374 g/mol. The Morgan fingerprint density at radius 3 is 2.65 bits per heavy atom. The van der Waals surface area contributed by atoms with Crippen LogP contribution >= 0.6 is 15.9 Å². The van der Waals surface area contributed by atoms with Gasteiger partial charge in [-0.2, -0.15) is 0 Å². The number of rotatable bonds is 4. The Labute approximate surface area is 140 Å². The molecule has 3 aromatic rings. The molecule has 1 aromatic carbocycles. The molecule has 0 radical (unpaired) electrons. The fourth-order valence-electron chi connectivity index (χ4n) is 2.15. The van der Waals surface area contributed by atoms with Gasteiger partial charge < -0.3 is 9.73 Å². The molecule has 0 aliphatic carbocycles. The standard InChI is InChI=1S/C17H12BrFN2O2/c18-15-8-7-14(23-15)17(22)21-10-12-2-1-9-20-16(12)11-3-5-13(19)6-4-11/h1-9H,10H2,(H,21,22). The molecule has 3 rings (SSSR count). The van der Waals surface area contributed by atoms with E-state index in [2.05, 4.69) is 26.2 Å². The molecule has 2 aromatic heterocycles. The molecule has 116 valence electrons. The molecule has 0 atom stereocenters. The van der Waals surface area contributed by atoms with Gasteiger partial charge in [0.05, 0.1) is 5.69 Å². The molecule has 2 heterocycles. The molecule has 1 amide bonds. The van der Waals surface area contributed by atoms with E-state index in [-0.39, 0.29) is 24.0 Å². The number of pyridine rings is 1. The largest absolute Gasteiger partial charge is 0.444 e. The summed E-state index contributed by atoms with van der Waals surface area (Å²) in [5.41, 5.74) is 2.32. The van der Waals surface area contributed by atoms with Crippen LogP contribution < -0.4 is 5.32 Å². The first-order chi connectivity index (χ1) is 11.1. The number of carbonyl (C=O) groups is 1. The van der Waals surface area contributed by atoms with E-state index in [1.165, 1.54) is 12.1 Å². The van der Waals surface area contributed by atoms with Crippen molar-refractivity contribution in [2.75, 3.05) is 0 Å². The molecule has 0 aliphatic heterocycles. The summed E-state index contributed by atoms with van der Waals surface area (Å²) < 4.78 is 18.8. The van der Waals surface area contributed by atoms with Crippen LogP contribution in [-0.4, -0.2) is 10.9 Å². The maximum Gasteiger partial charge on any atom is 0.287 e. The van der Waals surface area contributed by atoms with E-state index in [1.807, 2.05) is 6.07 Å². The van der Waals surface area contributed by atoms with Crippen molar-refractivity contribution in [2.24, 2.45) is 0 Å². The Hall–Kier alpha value is -2.47. The summed E-state index contributed by atoms with van der Waals surface area (Å²) in [5.74, 6) is -0.392. The lowest BCUT2D eigenvalue weighted by Crippen LogP contribution is -2.22. The van der Waals surface area contributed by atoms with Crippen LogP contribution in [0.5, 0.6) is 0 Å². The van der Waals surface area contributed by atoms with E-state index >= 15 is 0 Å². The highest BCUT2D eigenvalue weighted by molar-refractivity contribution is 9.10. The SMILES string of the molecule is O=C(NCc1cccnc1-c1ccc(F)cc1)c1ccc(Br)o1. The van der Waals surface area contributed by atoms with E-state index in [9.17, 15) is 9.18 Å². The van der Waals surface area contributed by atoms with Crippen molar-refractivity contribution in [3.63, 3.8) is 0 Å². The molecule has 0 bridgehead atoms. The summed E-state index contributed by atoms with van der Waals surface area (Å²) >= 11 is 3.16. The lowest BCUT2D eigenvalue weighted by molar-refractivity contribution is 0.0922. The first-order valence-corrected chi connectivity index (χ1v) is 7.66. The summed E-state index contributed by atoms with van der Waals surface area (Å²) in [6.07, 6.45) is 1.66. The first kappa shape index (κ1) is 15.4. The van der Waals surface area contributed by atoms with Crippen molar-refractivity contribution in [1.29, 1.82) is 0 Å². The van der Waals surface area contributed by atoms with Crippen molar-refractivity contribution < 1.29 is 13.6 Å². The van der Waals surface area contributed by atoms with E-state index < -0.39 is 0 Å². The van der Waals surface area contributed by atoms with Gasteiger partial charge in [0.2, 0.25) is 0 Å². The maximum atomic E-state index is 13.1. The molecule has 0 saturated heterocycles. The second-order valence-electron chi connectivity index (χ2n) is 4.80. The van der Waals surface area contributed by atoms with Crippen LogP contribution in [0.1, 0.15) is 16.1 Å². The second-order valence-corrected chi connectivity index (χ2v) is 5.59. The Bertz CT molecular complexity index is 831. The second kappa shape index (κ2) is 6.75. The number of hydrogen-bond donors (Lipinski definition) is 1. The third kappa shape index (κ3) is 3.65. The minimum absolute atomic E-state index is 0.226. The van der Waals surface area contributed by atoms with Gasteiger partial charge in [-0.1, -0.05) is 6.07 Å². The number of nitrogens with zero attached hydrogens (tertiary/aromatic N) is 1. The van der Waals surface area contributed by atoms with Gasteiger partial charge in [-0.15, -0.1) is 0 Å². The molecule has 0 aliphatic rings. The van der Waals surface area contributed by atoms with E-state index in [4.69, 9.17) is 4.42 Å². The highest BCUT2D eigenvalue weighted by Crippen LogP contribution is 2.21. The molecular formula is C17H12BrFN2O2. The fourth-order valence-corrected chi connectivity index (χ4v) is 2.45. The minimum Gasteiger partial charge on any atom is -0.444 e. The van der Waals surface area contributed by atoms with Crippen LogP contribution in [0.15, 0.2) is 63.8 Å². The van der Waals surface area contributed by atoms with Crippen molar-refractivity contribution in [2.45, 2.75) is 6.54 Å². The summed E-state index contributed by atoms with van der Waals surface area (Å²) in [7, 11) is 0. The van der Waals surface area contributed by atoms with Crippen LogP contribution in [0, 0.1) is 5.82 Å². The lowest BCUT2D eigenvalue weighted by atomic mass is 10.1. The molecular weight excluding hydrogens is 363 g/mol. The smallest absolute Gasteiger partial charge is 0.287 e. The zero-order valence-corrected chi connectivity index (χ0v) is 13.5. The van der Waals surface area contributed by atoms with Gasteiger partial charge in [-0.3, -0.25) is 9.78 Å². The number of hydrogen-bond acceptors (Lipinski definition) is 3. The molecule has 6 heteroatoms. The summed E-state index contributed by atoms with van der Waals surface area (Å²) in [6, 6.07) is 13.0. The molecule has 0 spiro atoms. The van der Waals surface area contributed by atoms with Gasteiger partial charge in [0.25, 0.3) is 5.91 Å². The lowest BCUT2D eigenvalue weighted by Gasteiger charge is -2.09. The van der Waals surface area contributed by atoms with Crippen LogP contribution in [-0.2, 0) is 6.54 Å². The Morgan fingerprint density at radius 1 is 1.17 bits per heavy atom. The zero-order chi connectivity index (χ0) is 16.2. The van der Waals surface area contributed by atoms with E-state index in [0.717, 1.165) is 11.1 Å². The van der Waals surface area contributed by atoms with Crippen LogP contribution in [0.2, 0.25) is 0 Å². The first-order valence-electron chi connectivity index (χ1n) is 6.87. The van der Waals surface area contributed by atoms with E-state index in [0.29, 0.717) is 10.4 Å². The Balaban J connectivity index is 1.78. The van der Waals surface area contributed by atoms with Crippen molar-refractivity contribution >= 4 is 21.8 Å². The van der Waals surface area contributed by atoms with Crippen LogP contribution in [0.3, 0.4) is 0 Å². The average molecular weight is 375 g/mol. The molecule has 0 saturated carbocycles. The fraction of sp³-hybridized carbons (Fsp3) is 0.0588. The van der Waals surface area contributed by atoms with Crippen molar-refractivity contribution in [3.8, 4) is 11.3 Å². The number of aromatic nitrogens is 1. The third-order valence-corrected chi connectivity index (χ3v) is 3.67. The highest BCUT2D eigenvalue weighted by Gasteiger charge is 2.12. The molecule has 0 fully saturated rings. The summed E-state index contributed by atoms with van der Waals surface area (Å²) in [4.78, 5) is 16.4. The molecule has 0 unspecified atom stereocenters. The number of furan rings is 1. The summed E-state index contributed by atoms with van der Waals surface area (Å²) in [5, 5.41) is 2.78. The normalized spacial score (nSPS) is 10.5. The maximum absolute atomic E-state index is 13.1. The quantitative estimate of drug-likeness (QED) is 0.745. The van der Waals surface area contributed by atoms with Gasteiger partial charge in [0.15, 0.2) is 10.4 Å². The zero-order valence-electron chi connectivity index (χ0n) is 11.9. The number of benzene rings is 1.